The summed E-state index contributed by atoms with van der Waals surface area (Å²) in [4.78, 5) is 28.2. The molecule has 4 aliphatic rings. The summed E-state index contributed by atoms with van der Waals surface area (Å²) < 4.78 is 6.45. The molecular weight excluding hydrogens is 466 g/mol. The van der Waals surface area contributed by atoms with Crippen molar-refractivity contribution in [2.75, 3.05) is 24.6 Å². The van der Waals surface area contributed by atoms with Crippen molar-refractivity contribution in [1.82, 2.24) is 0 Å². The Labute approximate surface area is 196 Å². The predicted molar refractivity (Wildman–Crippen MR) is 127 cm³/mol. The second-order valence-corrected chi connectivity index (χ2v) is 10.2. The molecule has 0 aromatic heterocycles. The molecule has 6 rings (SSSR count). The Morgan fingerprint density at radius 2 is 1.62 bits per heavy atom. The van der Waals surface area contributed by atoms with Gasteiger partial charge in [0.15, 0.2) is 12.4 Å². The number of ketones is 1. The molecule has 5 heteroatoms. The van der Waals surface area contributed by atoms with E-state index in [1.54, 1.807) is 12.1 Å². The van der Waals surface area contributed by atoms with E-state index in [0.717, 1.165) is 36.0 Å². The van der Waals surface area contributed by atoms with Crippen molar-refractivity contribution < 1.29 is 14.3 Å². The minimum absolute atomic E-state index is 0.198. The maximum atomic E-state index is 13.2. The van der Waals surface area contributed by atoms with E-state index in [0.29, 0.717) is 28.9 Å². The Bertz CT molecular complexity index is 1160. The lowest BCUT2D eigenvalue weighted by atomic mass is 9.73. The van der Waals surface area contributed by atoms with Crippen LogP contribution in [0.5, 0.6) is 0 Å². The topological polar surface area (TPSA) is 46.6 Å². The normalized spacial score (nSPS) is 26.5. The van der Waals surface area contributed by atoms with Gasteiger partial charge in [0.05, 0.1) is 5.56 Å². The number of hydrogen-bond acceptors (Lipinski definition) is 4. The van der Waals surface area contributed by atoms with Crippen LogP contribution in [0, 0.1) is 11.8 Å². The average molecular weight is 490 g/mol. The Morgan fingerprint density at radius 1 is 0.938 bits per heavy atom. The third-order valence-corrected chi connectivity index (χ3v) is 8.00. The molecule has 162 valence electrons. The first-order valence-electron chi connectivity index (χ1n) is 11.3. The molecule has 2 heterocycles. The smallest absolute Gasteiger partial charge is 0.338 e. The lowest BCUT2D eigenvalue weighted by Crippen LogP contribution is -2.44. The third-order valence-electron chi connectivity index (χ3n) is 7.47. The number of nitrogens with zero attached hydrogens (tertiary/aromatic N) is 1. The number of hydrogen-bond donors (Lipinski definition) is 0. The number of rotatable bonds is 4. The molecule has 2 aliphatic heterocycles. The summed E-state index contributed by atoms with van der Waals surface area (Å²) in [5, 5.41) is 0. The molecule has 0 N–H and O–H groups in total. The highest BCUT2D eigenvalue weighted by atomic mass is 79.9. The number of carbonyl (C=O) groups is 2. The van der Waals surface area contributed by atoms with Gasteiger partial charge in [-0.2, -0.15) is 0 Å². The van der Waals surface area contributed by atoms with Crippen LogP contribution >= 0.6 is 15.9 Å². The monoisotopic (exact) mass is 489 g/mol. The highest BCUT2D eigenvalue weighted by molar-refractivity contribution is 9.10. The number of allylic oxidation sites excluding steroid dienone is 4. The first-order valence-corrected chi connectivity index (χ1v) is 12.1. The number of esters is 1. The van der Waals surface area contributed by atoms with Crippen LogP contribution in [0.25, 0.3) is 0 Å². The second-order valence-electron chi connectivity index (χ2n) is 9.28. The van der Waals surface area contributed by atoms with Gasteiger partial charge in [-0.15, -0.1) is 0 Å². The zero-order valence-corrected chi connectivity index (χ0v) is 19.3. The number of ether oxygens (including phenoxy) is 1. The van der Waals surface area contributed by atoms with Crippen molar-refractivity contribution in [3.63, 3.8) is 0 Å². The molecule has 0 fully saturated rings. The molecular formula is C27H24BrNO3. The Balaban J connectivity index is 1.33. The summed E-state index contributed by atoms with van der Waals surface area (Å²) in [5.74, 6) is 1.20. The summed E-state index contributed by atoms with van der Waals surface area (Å²) >= 11 is 3.37. The van der Waals surface area contributed by atoms with Crippen LogP contribution in [0.3, 0.4) is 0 Å². The summed E-state index contributed by atoms with van der Waals surface area (Å²) in [7, 11) is 0. The number of carbonyl (C=O) groups excluding carboxylic acids is 2. The number of halogens is 1. The Hall–Kier alpha value is -2.66. The maximum absolute atomic E-state index is 13.2. The minimum Gasteiger partial charge on any atom is -0.454 e. The van der Waals surface area contributed by atoms with Gasteiger partial charge >= 0.3 is 5.97 Å². The molecule has 0 spiro atoms. The molecule has 0 unspecified atom stereocenters. The van der Waals surface area contributed by atoms with Crippen molar-refractivity contribution in [3.8, 4) is 0 Å². The first-order chi connectivity index (χ1) is 15.6. The molecule has 32 heavy (non-hydrogen) atoms. The molecule has 2 aliphatic carbocycles. The van der Waals surface area contributed by atoms with Gasteiger partial charge in [-0.25, -0.2) is 4.79 Å². The van der Waals surface area contributed by atoms with Gasteiger partial charge in [0, 0.05) is 40.6 Å². The van der Waals surface area contributed by atoms with Gasteiger partial charge < -0.3 is 9.64 Å². The van der Waals surface area contributed by atoms with Gasteiger partial charge in [0.25, 0.3) is 0 Å². The van der Waals surface area contributed by atoms with Crippen molar-refractivity contribution >= 4 is 33.4 Å². The molecule has 0 bridgehead atoms. The standard InChI is InChI=1S/C27H24BrNO3/c28-19-9-7-16(8-10-19)24(30)15-32-27(31)23-12-11-22-20-5-1-3-17(20)13-29-14-18-4-2-6-21(18)25(23)26(22)29/h1-2,5-12,17-18,20-21H,3-4,13-15H2/t17-,18-,20+,21+/m1/s1. The predicted octanol–water partition coefficient (Wildman–Crippen LogP) is 5.64. The molecule has 2 aromatic rings. The molecule has 0 amide bonds. The summed E-state index contributed by atoms with van der Waals surface area (Å²) in [5.41, 5.74) is 4.83. The van der Waals surface area contributed by atoms with Crippen molar-refractivity contribution in [2.24, 2.45) is 11.8 Å². The zero-order valence-electron chi connectivity index (χ0n) is 17.7. The van der Waals surface area contributed by atoms with E-state index in [2.05, 4.69) is 51.2 Å². The lowest BCUT2D eigenvalue weighted by molar-refractivity contribution is 0.0473. The summed E-state index contributed by atoms with van der Waals surface area (Å²) in [6.45, 7) is 1.83. The number of Topliss-reactive ketones (excluding diaryl/α,β-unsaturated/α-hetero) is 1. The maximum Gasteiger partial charge on any atom is 0.338 e. The van der Waals surface area contributed by atoms with Gasteiger partial charge in [-0.05, 0) is 54.0 Å². The SMILES string of the molecule is O=C(COC(=O)c1ccc2c3c1[C@H]1C=CC[C@@H]1CN3C[C@H]1CC=C[C@H]21)c1ccc(Br)cc1. The fourth-order valence-electron chi connectivity index (χ4n) is 5.99. The van der Waals surface area contributed by atoms with Crippen LogP contribution in [-0.2, 0) is 4.74 Å². The quantitative estimate of drug-likeness (QED) is 0.316. The van der Waals surface area contributed by atoms with Gasteiger partial charge in [-0.3, -0.25) is 4.79 Å². The molecule has 2 aromatic carbocycles. The van der Waals surface area contributed by atoms with Crippen LogP contribution in [0.1, 0.15) is 56.5 Å². The Morgan fingerprint density at radius 3 is 2.38 bits per heavy atom. The third kappa shape index (κ3) is 3.17. The number of fused-ring (bicyclic) bond motifs is 4. The van der Waals surface area contributed by atoms with E-state index < -0.39 is 5.97 Å². The molecule has 4 atom stereocenters. The largest absolute Gasteiger partial charge is 0.454 e. The minimum atomic E-state index is -0.404. The van der Waals surface area contributed by atoms with Crippen LogP contribution in [-0.4, -0.2) is 31.4 Å². The van der Waals surface area contributed by atoms with Crippen molar-refractivity contribution in [2.45, 2.75) is 24.7 Å². The summed E-state index contributed by atoms with van der Waals surface area (Å²) in [6.07, 6.45) is 11.3. The van der Waals surface area contributed by atoms with Crippen LogP contribution in [0.15, 0.2) is 65.2 Å². The fraction of sp³-hybridized carbons (Fsp3) is 0.333. The van der Waals surface area contributed by atoms with E-state index >= 15 is 0 Å². The highest BCUT2D eigenvalue weighted by Crippen LogP contribution is 2.53. The zero-order chi connectivity index (χ0) is 21.8. The number of benzene rings is 2. The second kappa shape index (κ2) is 7.73. The number of anilines is 1. The average Bonchev–Trinajstić information content (AvgIpc) is 3.47. The van der Waals surface area contributed by atoms with Crippen LogP contribution < -0.4 is 4.90 Å². The molecule has 0 saturated carbocycles. The molecule has 0 radical (unpaired) electrons. The lowest BCUT2D eigenvalue weighted by Gasteiger charge is -2.46. The van der Waals surface area contributed by atoms with E-state index in [9.17, 15) is 9.59 Å². The first kappa shape index (κ1) is 20.0. The van der Waals surface area contributed by atoms with E-state index in [-0.39, 0.29) is 18.3 Å². The Kier molecular flexibility index (Phi) is 4.83. The van der Waals surface area contributed by atoms with E-state index in [1.165, 1.54) is 11.3 Å². The van der Waals surface area contributed by atoms with Crippen LogP contribution in [0.2, 0.25) is 0 Å². The van der Waals surface area contributed by atoms with Gasteiger partial charge in [-0.1, -0.05) is 58.4 Å². The summed E-state index contributed by atoms with van der Waals surface area (Å²) in [6, 6.07) is 11.1. The van der Waals surface area contributed by atoms with Crippen LogP contribution in [0.4, 0.5) is 5.69 Å². The van der Waals surface area contributed by atoms with E-state index in [4.69, 9.17) is 4.74 Å². The van der Waals surface area contributed by atoms with Crippen molar-refractivity contribution in [3.05, 3.63) is 87.4 Å². The van der Waals surface area contributed by atoms with Crippen molar-refractivity contribution in [1.29, 1.82) is 0 Å². The van der Waals surface area contributed by atoms with Gasteiger partial charge in [0.2, 0.25) is 0 Å². The fourth-order valence-corrected chi connectivity index (χ4v) is 6.25. The van der Waals surface area contributed by atoms with Gasteiger partial charge in [0.1, 0.15) is 0 Å². The highest BCUT2D eigenvalue weighted by Gasteiger charge is 2.44. The van der Waals surface area contributed by atoms with E-state index in [1.807, 2.05) is 18.2 Å². The molecule has 0 saturated heterocycles. The molecule has 4 nitrogen and oxygen atoms in total.